The van der Waals surface area contributed by atoms with Gasteiger partial charge >= 0.3 is 0 Å². The quantitative estimate of drug-likeness (QED) is 0.919. The third kappa shape index (κ3) is 4.87. The van der Waals surface area contributed by atoms with Gasteiger partial charge in [0.1, 0.15) is 0 Å². The summed E-state index contributed by atoms with van der Waals surface area (Å²) in [6.07, 6.45) is 10.1. The lowest BCUT2D eigenvalue weighted by molar-refractivity contribution is 0.277. The predicted molar refractivity (Wildman–Crippen MR) is 91.8 cm³/mol. The third-order valence-corrected chi connectivity index (χ3v) is 3.66. The molecule has 1 aromatic rings. The molecule has 1 aromatic heterocycles. The van der Waals surface area contributed by atoms with Crippen molar-refractivity contribution in [3.05, 3.63) is 34.5 Å². The van der Waals surface area contributed by atoms with Crippen molar-refractivity contribution in [3.8, 4) is 0 Å². The Bertz CT molecular complexity index is 579. The van der Waals surface area contributed by atoms with Gasteiger partial charge in [-0.2, -0.15) is 0 Å². The summed E-state index contributed by atoms with van der Waals surface area (Å²) in [5.41, 5.74) is 4.37. The number of nitrogens with zero attached hydrogens (tertiary/aromatic N) is 1. The van der Waals surface area contributed by atoms with E-state index in [0.717, 1.165) is 25.8 Å². The van der Waals surface area contributed by atoms with Crippen molar-refractivity contribution < 1.29 is 4.74 Å². The lowest BCUT2D eigenvalue weighted by Crippen LogP contribution is -2.30. The smallest absolute Gasteiger partial charge is 0.0451 e. The lowest BCUT2D eigenvalue weighted by Gasteiger charge is -2.08. The van der Waals surface area contributed by atoms with Crippen LogP contribution < -0.4 is 10.6 Å². The molecule has 0 aromatic carbocycles. The molecule has 0 spiro atoms. The molecule has 3 heteroatoms. The maximum atomic E-state index is 4.25. The van der Waals surface area contributed by atoms with Crippen molar-refractivity contribution in [2.45, 2.75) is 33.1 Å². The van der Waals surface area contributed by atoms with Gasteiger partial charge in [-0.25, -0.2) is 0 Å². The van der Waals surface area contributed by atoms with Crippen LogP contribution >= 0.6 is 0 Å². The fourth-order valence-corrected chi connectivity index (χ4v) is 2.57. The van der Waals surface area contributed by atoms with Gasteiger partial charge in [0, 0.05) is 37.5 Å². The van der Waals surface area contributed by atoms with Gasteiger partial charge in [-0.1, -0.05) is 19.1 Å². The molecule has 21 heavy (non-hydrogen) atoms. The van der Waals surface area contributed by atoms with Crippen LogP contribution in [0.15, 0.2) is 18.3 Å². The van der Waals surface area contributed by atoms with E-state index in [0.29, 0.717) is 0 Å². The highest BCUT2D eigenvalue weighted by molar-refractivity contribution is 5.62. The zero-order valence-corrected chi connectivity index (χ0v) is 14.4. The Morgan fingerprint density at radius 1 is 1.29 bits per heavy atom. The molecule has 0 radical (unpaired) electrons. The van der Waals surface area contributed by atoms with Gasteiger partial charge in [0.25, 0.3) is 0 Å². The highest BCUT2D eigenvalue weighted by atomic mass is 16.4. The van der Waals surface area contributed by atoms with Crippen molar-refractivity contribution in [2.24, 2.45) is 0 Å². The molecule has 1 aliphatic rings. The van der Waals surface area contributed by atoms with Crippen LogP contribution in [-0.2, 0) is 11.2 Å². The first kappa shape index (κ1) is 17.7. The maximum Gasteiger partial charge on any atom is 0.0451 e. The number of allylic oxidation sites excluding steroid dienone is 2. The Labute approximate surface area is 129 Å². The number of aromatic nitrogens is 1. The number of fused-ring (bicyclic) bond motifs is 1. The van der Waals surface area contributed by atoms with Crippen molar-refractivity contribution in [3.63, 3.8) is 0 Å². The number of nitrogens with one attached hydrogen (secondary N) is 1. The molecule has 3 nitrogen and oxygen atoms in total. The van der Waals surface area contributed by atoms with Gasteiger partial charge < -0.3 is 14.6 Å². The molecule has 1 heterocycles. The minimum atomic E-state index is 1.06. The average molecular weight is 290 g/mol. The Kier molecular flexibility index (Phi) is 7.48. The number of H-pyrrole nitrogens is 1. The Morgan fingerprint density at radius 2 is 1.95 bits per heavy atom. The van der Waals surface area contributed by atoms with E-state index in [1.165, 1.54) is 27.3 Å². The number of hydrogen-bond donors (Lipinski definition) is 1. The van der Waals surface area contributed by atoms with E-state index in [-0.39, 0.29) is 0 Å². The molecule has 0 amide bonds. The molecule has 0 unspecified atom stereocenters. The summed E-state index contributed by atoms with van der Waals surface area (Å²) in [5, 5.41) is 2.82. The van der Waals surface area contributed by atoms with Crippen LogP contribution in [0.5, 0.6) is 0 Å². The van der Waals surface area contributed by atoms with Gasteiger partial charge in [0.2, 0.25) is 0 Å². The third-order valence-electron chi connectivity index (χ3n) is 3.66. The number of ether oxygens (including phenoxy) is 1. The first-order valence-corrected chi connectivity index (χ1v) is 7.65. The van der Waals surface area contributed by atoms with Gasteiger partial charge in [-0.3, -0.25) is 0 Å². The standard InChI is InChI=1S/C16H24N2.C2H6O/c1-5-13-8-6-7-12(2)16-15(13)14(11-17-16)9-10-18(3)4;1-3-2/h6,8,11,17H,5,7,9-10H2,1-4H3;1-2H3. The van der Waals surface area contributed by atoms with E-state index in [9.17, 15) is 0 Å². The zero-order valence-electron chi connectivity index (χ0n) is 14.4. The van der Waals surface area contributed by atoms with Gasteiger partial charge in [-0.05, 0) is 57.0 Å². The van der Waals surface area contributed by atoms with E-state index in [4.69, 9.17) is 0 Å². The highest BCUT2D eigenvalue weighted by Gasteiger charge is 2.08. The van der Waals surface area contributed by atoms with Gasteiger partial charge in [-0.15, -0.1) is 0 Å². The minimum Gasteiger partial charge on any atom is -0.388 e. The Balaban J connectivity index is 0.000000677. The monoisotopic (exact) mass is 290 g/mol. The van der Waals surface area contributed by atoms with E-state index in [1.807, 2.05) is 0 Å². The molecule has 0 bridgehead atoms. The molecular formula is C18H30N2O. The number of aromatic amines is 1. The summed E-state index contributed by atoms with van der Waals surface area (Å²) in [6.45, 7) is 5.57. The Morgan fingerprint density at radius 3 is 2.52 bits per heavy atom. The van der Waals surface area contributed by atoms with Crippen molar-refractivity contribution in [2.75, 3.05) is 34.9 Å². The summed E-state index contributed by atoms with van der Waals surface area (Å²) >= 11 is 0. The zero-order chi connectivity index (χ0) is 15.8. The summed E-state index contributed by atoms with van der Waals surface area (Å²) < 4.78 is 4.25. The number of rotatable bonds is 4. The van der Waals surface area contributed by atoms with Crippen LogP contribution in [0.2, 0.25) is 0 Å². The van der Waals surface area contributed by atoms with Crippen molar-refractivity contribution in [1.29, 1.82) is 0 Å². The normalized spacial score (nSPS) is 13.9. The summed E-state index contributed by atoms with van der Waals surface area (Å²) in [4.78, 5) is 5.73. The molecule has 0 aliphatic heterocycles. The van der Waals surface area contributed by atoms with E-state index in [1.54, 1.807) is 14.2 Å². The number of methoxy groups -OCH3 is 1. The van der Waals surface area contributed by atoms with Crippen LogP contribution in [0.25, 0.3) is 11.1 Å². The largest absolute Gasteiger partial charge is 0.388 e. The Hall–Kier alpha value is -1.32. The summed E-state index contributed by atoms with van der Waals surface area (Å²) in [7, 11) is 7.51. The minimum absolute atomic E-state index is 1.06. The SMILES string of the molecule is CCC1=c2c(CCN(C)C)c[nH]c2=C(C)CC=C1.COC. The first-order chi connectivity index (χ1) is 10.0. The van der Waals surface area contributed by atoms with Crippen molar-refractivity contribution in [1.82, 2.24) is 9.88 Å². The van der Waals surface area contributed by atoms with Crippen LogP contribution in [0.4, 0.5) is 0 Å². The van der Waals surface area contributed by atoms with Gasteiger partial charge in [0.05, 0.1) is 0 Å². The second-order valence-corrected chi connectivity index (χ2v) is 5.79. The van der Waals surface area contributed by atoms with Crippen molar-refractivity contribution >= 4 is 11.1 Å². The molecule has 0 saturated carbocycles. The maximum absolute atomic E-state index is 4.25. The van der Waals surface area contributed by atoms with Crippen LogP contribution in [-0.4, -0.2) is 44.7 Å². The van der Waals surface area contributed by atoms with Crippen LogP contribution in [0.1, 0.15) is 32.3 Å². The van der Waals surface area contributed by atoms with Crippen LogP contribution in [0, 0.1) is 0 Å². The topological polar surface area (TPSA) is 28.3 Å². The summed E-state index contributed by atoms with van der Waals surface area (Å²) in [5.74, 6) is 0. The molecule has 1 N–H and O–H groups in total. The lowest BCUT2D eigenvalue weighted by atomic mass is 10.1. The molecule has 0 fully saturated rings. The van der Waals surface area contributed by atoms with Gasteiger partial charge in [0.15, 0.2) is 0 Å². The number of likely N-dealkylation sites (N-methyl/N-ethyl adjacent to an activating group) is 1. The molecular weight excluding hydrogens is 260 g/mol. The molecule has 1 aliphatic carbocycles. The second kappa shape index (κ2) is 8.85. The summed E-state index contributed by atoms with van der Waals surface area (Å²) in [6, 6.07) is 0. The van der Waals surface area contributed by atoms with Crippen LogP contribution in [0.3, 0.4) is 0 Å². The fraction of sp³-hybridized carbons (Fsp3) is 0.556. The second-order valence-electron chi connectivity index (χ2n) is 5.79. The van der Waals surface area contributed by atoms with E-state index >= 15 is 0 Å². The molecule has 118 valence electrons. The van der Waals surface area contributed by atoms with E-state index < -0.39 is 0 Å². The predicted octanol–water partition coefficient (Wildman–Crippen LogP) is 2.07. The van der Waals surface area contributed by atoms with E-state index in [2.05, 4.69) is 60.9 Å². The number of hydrogen-bond acceptors (Lipinski definition) is 2. The molecule has 0 atom stereocenters. The first-order valence-electron chi connectivity index (χ1n) is 7.65. The molecule has 0 saturated heterocycles. The fourth-order valence-electron chi connectivity index (χ4n) is 2.57. The molecule has 2 rings (SSSR count). The highest BCUT2D eigenvalue weighted by Crippen LogP contribution is 2.10. The average Bonchev–Trinajstić information content (AvgIpc) is 2.79.